The fourth-order valence-corrected chi connectivity index (χ4v) is 3.29. The molecule has 0 unspecified atom stereocenters. The van der Waals surface area contributed by atoms with Crippen molar-refractivity contribution < 1.29 is 9.21 Å². The summed E-state index contributed by atoms with van der Waals surface area (Å²) in [6.45, 7) is 0. The number of amides is 1. The van der Waals surface area contributed by atoms with Crippen molar-refractivity contribution in [1.29, 1.82) is 0 Å². The number of hydrogen-bond acceptors (Lipinski definition) is 2. The fourth-order valence-electron chi connectivity index (χ4n) is 3.29. The number of hydrogen-bond donors (Lipinski definition) is 1. The van der Waals surface area contributed by atoms with Crippen molar-refractivity contribution in [3.63, 3.8) is 0 Å². The van der Waals surface area contributed by atoms with Crippen molar-refractivity contribution in [3.05, 3.63) is 71.5 Å². The maximum absolute atomic E-state index is 12.2. The van der Waals surface area contributed by atoms with Gasteiger partial charge in [0.2, 0.25) is 5.91 Å². The first-order valence-electron chi connectivity index (χ1n) is 8.38. The van der Waals surface area contributed by atoms with E-state index in [1.54, 1.807) is 6.08 Å². The number of fused-ring (bicyclic) bond motifs is 3. The largest absolute Gasteiger partial charge is 0.459 e. The molecular weight excluding hydrogens is 298 g/mol. The van der Waals surface area contributed by atoms with Crippen LogP contribution in [0.2, 0.25) is 0 Å². The minimum absolute atomic E-state index is 0.152. The highest BCUT2D eigenvalue weighted by Gasteiger charge is 2.19. The topological polar surface area (TPSA) is 42.2 Å². The number of rotatable bonds is 3. The Morgan fingerprint density at radius 1 is 1.00 bits per heavy atom. The standard InChI is InChI=1S/C21H19NO2/c23-20(14-13-15-7-2-1-3-8-15)22-18-11-6-10-17-16-9-4-5-12-19(16)24-21(17)18/h1-3,6-8,10-11,13-14H,4-5,9,12H2,(H,22,23)/b14-13+. The molecule has 1 N–H and O–H groups in total. The van der Waals surface area contributed by atoms with Crippen LogP contribution < -0.4 is 5.32 Å². The quantitative estimate of drug-likeness (QED) is 0.693. The van der Waals surface area contributed by atoms with Crippen LogP contribution in [0.1, 0.15) is 29.7 Å². The Kier molecular flexibility index (Phi) is 3.91. The van der Waals surface area contributed by atoms with Crippen LogP contribution in [0.3, 0.4) is 0 Å². The highest BCUT2D eigenvalue weighted by Crippen LogP contribution is 2.35. The highest BCUT2D eigenvalue weighted by atomic mass is 16.3. The minimum atomic E-state index is -0.152. The summed E-state index contributed by atoms with van der Waals surface area (Å²) in [6.07, 6.45) is 7.80. The van der Waals surface area contributed by atoms with Crippen LogP contribution >= 0.6 is 0 Å². The van der Waals surface area contributed by atoms with Crippen LogP contribution in [0.25, 0.3) is 17.0 Å². The van der Waals surface area contributed by atoms with Crippen molar-refractivity contribution in [2.24, 2.45) is 0 Å². The molecule has 24 heavy (non-hydrogen) atoms. The van der Waals surface area contributed by atoms with Gasteiger partial charge < -0.3 is 9.73 Å². The van der Waals surface area contributed by atoms with Crippen LogP contribution in [-0.4, -0.2) is 5.91 Å². The molecule has 1 heterocycles. The Balaban J connectivity index is 1.59. The number of benzene rings is 2. The number of furan rings is 1. The SMILES string of the molecule is O=C(/C=C/c1ccccc1)Nc1cccc2c3c(oc12)CCCC3. The van der Waals surface area contributed by atoms with Crippen LogP contribution in [0, 0.1) is 0 Å². The van der Waals surface area contributed by atoms with E-state index in [0.29, 0.717) is 0 Å². The van der Waals surface area contributed by atoms with Gasteiger partial charge in [-0.1, -0.05) is 42.5 Å². The smallest absolute Gasteiger partial charge is 0.248 e. The van der Waals surface area contributed by atoms with E-state index >= 15 is 0 Å². The van der Waals surface area contributed by atoms with Gasteiger partial charge in [-0.3, -0.25) is 4.79 Å². The van der Waals surface area contributed by atoms with Gasteiger partial charge in [0.25, 0.3) is 0 Å². The zero-order chi connectivity index (χ0) is 16.4. The third-order valence-electron chi connectivity index (χ3n) is 4.47. The van der Waals surface area contributed by atoms with Gasteiger partial charge in [-0.25, -0.2) is 0 Å². The second-order valence-corrected chi connectivity index (χ2v) is 6.13. The monoisotopic (exact) mass is 317 g/mol. The van der Waals surface area contributed by atoms with Crippen LogP contribution in [0.15, 0.2) is 59.0 Å². The van der Waals surface area contributed by atoms with Gasteiger partial charge in [0, 0.05) is 23.4 Å². The molecule has 0 saturated heterocycles. The molecule has 0 atom stereocenters. The molecule has 1 aromatic heterocycles. The molecule has 1 aliphatic rings. The molecular formula is C21H19NO2. The van der Waals surface area contributed by atoms with E-state index in [1.165, 1.54) is 18.4 Å². The first-order chi connectivity index (χ1) is 11.8. The lowest BCUT2D eigenvalue weighted by atomic mass is 9.96. The molecule has 0 aliphatic heterocycles. The third-order valence-corrected chi connectivity index (χ3v) is 4.47. The zero-order valence-electron chi connectivity index (χ0n) is 13.4. The molecule has 1 amide bonds. The Morgan fingerprint density at radius 2 is 1.83 bits per heavy atom. The average molecular weight is 317 g/mol. The van der Waals surface area contributed by atoms with Crippen LogP contribution in [0.4, 0.5) is 5.69 Å². The maximum atomic E-state index is 12.2. The average Bonchev–Trinajstić information content (AvgIpc) is 3.01. The van der Waals surface area contributed by atoms with Crippen LogP contribution in [0.5, 0.6) is 0 Å². The number of para-hydroxylation sites is 1. The summed E-state index contributed by atoms with van der Waals surface area (Å²) < 4.78 is 6.05. The summed E-state index contributed by atoms with van der Waals surface area (Å²) in [5.41, 5.74) is 3.85. The number of carbonyl (C=O) groups is 1. The first-order valence-corrected chi connectivity index (χ1v) is 8.38. The molecule has 2 aromatic carbocycles. The number of aryl methyl sites for hydroxylation is 2. The molecule has 1 aliphatic carbocycles. The molecule has 3 aromatic rings. The molecule has 0 fully saturated rings. The Morgan fingerprint density at radius 3 is 2.71 bits per heavy atom. The third kappa shape index (κ3) is 2.85. The number of anilines is 1. The van der Waals surface area contributed by atoms with Crippen molar-refractivity contribution in [1.82, 2.24) is 0 Å². The maximum Gasteiger partial charge on any atom is 0.248 e. The Hall–Kier alpha value is -2.81. The van der Waals surface area contributed by atoms with E-state index in [9.17, 15) is 4.79 Å². The van der Waals surface area contributed by atoms with E-state index < -0.39 is 0 Å². The van der Waals surface area contributed by atoms with E-state index in [-0.39, 0.29) is 5.91 Å². The summed E-state index contributed by atoms with van der Waals surface area (Å²) in [5, 5.41) is 4.08. The second-order valence-electron chi connectivity index (χ2n) is 6.13. The Labute approximate surface area is 141 Å². The molecule has 0 radical (unpaired) electrons. The summed E-state index contributed by atoms with van der Waals surface area (Å²) in [6, 6.07) is 15.7. The van der Waals surface area contributed by atoms with Gasteiger partial charge in [0.05, 0.1) is 5.69 Å². The summed E-state index contributed by atoms with van der Waals surface area (Å²) in [5.74, 6) is 0.929. The van der Waals surface area contributed by atoms with Gasteiger partial charge >= 0.3 is 0 Å². The molecule has 0 spiro atoms. The van der Waals surface area contributed by atoms with Gasteiger partial charge in [-0.05, 0) is 37.0 Å². The van der Waals surface area contributed by atoms with E-state index in [2.05, 4.69) is 11.4 Å². The second kappa shape index (κ2) is 6.36. The van der Waals surface area contributed by atoms with Crippen molar-refractivity contribution in [2.45, 2.75) is 25.7 Å². The van der Waals surface area contributed by atoms with Crippen molar-refractivity contribution in [3.8, 4) is 0 Å². The predicted octanol–water partition coefficient (Wildman–Crippen LogP) is 4.96. The normalized spacial score (nSPS) is 14.0. The van der Waals surface area contributed by atoms with Crippen molar-refractivity contribution >= 4 is 28.6 Å². The zero-order valence-corrected chi connectivity index (χ0v) is 13.4. The molecule has 3 heteroatoms. The molecule has 120 valence electrons. The minimum Gasteiger partial charge on any atom is -0.459 e. The lowest BCUT2D eigenvalue weighted by Crippen LogP contribution is -2.07. The molecule has 3 nitrogen and oxygen atoms in total. The summed E-state index contributed by atoms with van der Waals surface area (Å²) in [7, 11) is 0. The van der Waals surface area contributed by atoms with E-state index in [0.717, 1.165) is 40.8 Å². The van der Waals surface area contributed by atoms with Crippen molar-refractivity contribution in [2.75, 3.05) is 5.32 Å². The van der Waals surface area contributed by atoms with Gasteiger partial charge in [0.1, 0.15) is 5.76 Å². The molecule has 0 saturated carbocycles. The first kappa shape index (κ1) is 14.8. The number of carbonyl (C=O) groups excluding carboxylic acids is 1. The summed E-state index contributed by atoms with van der Waals surface area (Å²) >= 11 is 0. The highest BCUT2D eigenvalue weighted by molar-refractivity contribution is 6.06. The van der Waals surface area contributed by atoms with E-state index in [4.69, 9.17) is 4.42 Å². The molecule has 0 bridgehead atoms. The van der Waals surface area contributed by atoms with E-state index in [1.807, 2.05) is 48.5 Å². The fraction of sp³-hybridized carbons (Fsp3) is 0.190. The molecule has 4 rings (SSSR count). The van der Waals surface area contributed by atoms with Gasteiger partial charge in [-0.2, -0.15) is 0 Å². The van der Waals surface area contributed by atoms with Gasteiger partial charge in [0.15, 0.2) is 5.58 Å². The number of nitrogens with one attached hydrogen (secondary N) is 1. The van der Waals surface area contributed by atoms with Gasteiger partial charge in [-0.15, -0.1) is 0 Å². The Bertz CT molecular complexity index is 906. The van der Waals surface area contributed by atoms with Crippen LogP contribution in [-0.2, 0) is 17.6 Å². The predicted molar refractivity (Wildman–Crippen MR) is 97.0 cm³/mol. The summed E-state index contributed by atoms with van der Waals surface area (Å²) in [4.78, 5) is 12.2. The lowest BCUT2D eigenvalue weighted by molar-refractivity contribution is -0.111. The lowest BCUT2D eigenvalue weighted by Gasteiger charge is -2.08.